The molecule has 0 saturated carbocycles. The van der Waals surface area contributed by atoms with Crippen molar-refractivity contribution in [1.82, 2.24) is 0 Å². The molecule has 2 aliphatic carbocycles. The second-order valence-corrected chi connectivity index (χ2v) is 5.62. The van der Waals surface area contributed by atoms with Crippen LogP contribution in [0.3, 0.4) is 0 Å². The number of hydrogen-bond donors (Lipinski definition) is 1. The van der Waals surface area contributed by atoms with Crippen molar-refractivity contribution in [2.75, 3.05) is 5.73 Å². The molecule has 0 fully saturated rings. The van der Waals surface area contributed by atoms with Crippen LogP contribution in [-0.2, 0) is 12.8 Å². The molecule has 94 valence electrons. The minimum absolute atomic E-state index is 0.620. The molecule has 0 aromatic heterocycles. The molecule has 0 aliphatic heterocycles. The van der Waals surface area contributed by atoms with Crippen molar-refractivity contribution in [1.29, 1.82) is 0 Å². The number of nitrogen functional groups attached to an aromatic ring is 1. The number of benzene rings is 2. The van der Waals surface area contributed by atoms with Crippen molar-refractivity contribution in [3.05, 3.63) is 70.8 Å². The van der Waals surface area contributed by atoms with Crippen molar-refractivity contribution in [2.45, 2.75) is 25.2 Å². The van der Waals surface area contributed by atoms with E-state index in [9.17, 15) is 0 Å². The maximum atomic E-state index is 5.86. The Kier molecular flexibility index (Phi) is 2.28. The maximum Gasteiger partial charge on any atom is 0.0317 e. The number of allylic oxidation sites excluding steroid dienone is 2. The second-order valence-electron chi connectivity index (χ2n) is 5.62. The summed E-state index contributed by atoms with van der Waals surface area (Å²) in [5.41, 5.74) is 14.1. The maximum absolute atomic E-state index is 5.86. The highest BCUT2D eigenvalue weighted by Crippen LogP contribution is 2.41. The van der Waals surface area contributed by atoms with Gasteiger partial charge in [-0.1, -0.05) is 36.4 Å². The van der Waals surface area contributed by atoms with Crippen molar-refractivity contribution >= 4 is 11.3 Å². The zero-order valence-electron chi connectivity index (χ0n) is 10.9. The summed E-state index contributed by atoms with van der Waals surface area (Å²) in [4.78, 5) is 0. The van der Waals surface area contributed by atoms with Crippen molar-refractivity contribution in [2.24, 2.45) is 0 Å². The number of rotatable bonds is 1. The molecule has 19 heavy (non-hydrogen) atoms. The Morgan fingerprint density at radius 3 is 2.79 bits per heavy atom. The Balaban J connectivity index is 1.68. The number of hydrogen-bond acceptors (Lipinski definition) is 1. The normalized spacial score (nSPS) is 21.9. The molecule has 0 amide bonds. The van der Waals surface area contributed by atoms with Crippen LogP contribution in [0, 0.1) is 0 Å². The van der Waals surface area contributed by atoms with E-state index in [0.29, 0.717) is 5.92 Å². The van der Waals surface area contributed by atoms with Gasteiger partial charge >= 0.3 is 0 Å². The summed E-state index contributed by atoms with van der Waals surface area (Å²) in [6, 6.07) is 15.1. The van der Waals surface area contributed by atoms with Crippen molar-refractivity contribution in [3.8, 4) is 0 Å². The largest absolute Gasteiger partial charge is 0.399 e. The molecule has 2 aromatic rings. The lowest BCUT2D eigenvalue weighted by atomic mass is 9.76. The Hall–Kier alpha value is -2.02. The van der Waals surface area contributed by atoms with Gasteiger partial charge in [0.2, 0.25) is 0 Å². The smallest absolute Gasteiger partial charge is 0.0317 e. The highest BCUT2D eigenvalue weighted by Gasteiger charge is 2.25. The predicted octanol–water partition coefficient (Wildman–Crippen LogP) is 3.94. The number of nitrogens with two attached hydrogens (primary N) is 1. The molecule has 0 radical (unpaired) electrons. The van der Waals surface area contributed by atoms with Crippen molar-refractivity contribution in [3.63, 3.8) is 0 Å². The van der Waals surface area contributed by atoms with E-state index in [0.717, 1.165) is 18.5 Å². The van der Waals surface area contributed by atoms with Crippen LogP contribution in [0.5, 0.6) is 0 Å². The summed E-state index contributed by atoms with van der Waals surface area (Å²) < 4.78 is 0. The van der Waals surface area contributed by atoms with E-state index in [1.165, 1.54) is 34.2 Å². The van der Waals surface area contributed by atoms with Crippen LogP contribution in [0.4, 0.5) is 5.69 Å². The Labute approximate surface area is 113 Å². The van der Waals surface area contributed by atoms with E-state index in [2.05, 4.69) is 42.5 Å². The van der Waals surface area contributed by atoms with E-state index in [-0.39, 0.29) is 0 Å². The van der Waals surface area contributed by atoms with Crippen LogP contribution < -0.4 is 5.73 Å². The molecule has 1 unspecified atom stereocenters. The van der Waals surface area contributed by atoms with Crippen molar-refractivity contribution < 1.29 is 0 Å². The fourth-order valence-corrected chi connectivity index (χ4v) is 3.40. The summed E-state index contributed by atoms with van der Waals surface area (Å²) in [7, 11) is 0. The molecule has 2 aliphatic rings. The van der Waals surface area contributed by atoms with Gasteiger partial charge in [0.05, 0.1) is 0 Å². The zero-order chi connectivity index (χ0) is 12.8. The summed E-state index contributed by atoms with van der Waals surface area (Å²) in [5.74, 6) is 0.620. The first-order valence-corrected chi connectivity index (χ1v) is 6.98. The van der Waals surface area contributed by atoms with Gasteiger partial charge in [-0.2, -0.15) is 0 Å². The Morgan fingerprint density at radius 1 is 1.00 bits per heavy atom. The molecule has 2 aromatic carbocycles. The monoisotopic (exact) mass is 247 g/mol. The molecule has 4 rings (SSSR count). The number of anilines is 1. The predicted molar refractivity (Wildman–Crippen MR) is 80.0 cm³/mol. The lowest BCUT2D eigenvalue weighted by Gasteiger charge is -2.28. The SMILES string of the molecule is Nc1ccc2c(c1)CC/C2=C\C1Cc2ccccc21. The van der Waals surface area contributed by atoms with Gasteiger partial charge in [0.15, 0.2) is 0 Å². The average molecular weight is 247 g/mol. The third-order valence-corrected chi connectivity index (χ3v) is 4.44. The lowest BCUT2D eigenvalue weighted by molar-refractivity contribution is 0.732. The molecule has 0 bridgehead atoms. The first-order chi connectivity index (χ1) is 9.31. The zero-order valence-corrected chi connectivity index (χ0v) is 10.9. The summed E-state index contributed by atoms with van der Waals surface area (Å²) in [5, 5.41) is 0. The molecular formula is C18H17N. The number of fused-ring (bicyclic) bond motifs is 2. The van der Waals surface area contributed by atoms with Crippen LogP contribution in [0.1, 0.15) is 34.6 Å². The summed E-state index contributed by atoms with van der Waals surface area (Å²) in [6.45, 7) is 0. The fourth-order valence-electron chi connectivity index (χ4n) is 3.40. The van der Waals surface area contributed by atoms with Gasteiger partial charge in [-0.3, -0.25) is 0 Å². The van der Waals surface area contributed by atoms with E-state index in [1.54, 1.807) is 0 Å². The highest BCUT2D eigenvalue weighted by molar-refractivity contribution is 5.75. The van der Waals surface area contributed by atoms with Gasteiger partial charge in [0.25, 0.3) is 0 Å². The lowest BCUT2D eigenvalue weighted by Crippen LogP contribution is -2.14. The highest BCUT2D eigenvalue weighted by atomic mass is 14.5. The first kappa shape index (κ1) is 10.9. The summed E-state index contributed by atoms with van der Waals surface area (Å²) in [6.07, 6.45) is 5.98. The van der Waals surface area contributed by atoms with Gasteiger partial charge in [-0.15, -0.1) is 0 Å². The van der Waals surface area contributed by atoms with E-state index < -0.39 is 0 Å². The van der Waals surface area contributed by atoms with Gasteiger partial charge in [0, 0.05) is 11.6 Å². The quantitative estimate of drug-likeness (QED) is 0.759. The third-order valence-electron chi connectivity index (χ3n) is 4.44. The van der Waals surface area contributed by atoms with Crippen LogP contribution >= 0.6 is 0 Å². The third kappa shape index (κ3) is 1.69. The molecule has 1 atom stereocenters. The first-order valence-electron chi connectivity index (χ1n) is 6.98. The summed E-state index contributed by atoms with van der Waals surface area (Å²) >= 11 is 0. The van der Waals surface area contributed by atoms with Gasteiger partial charge in [-0.05, 0) is 59.2 Å². The average Bonchev–Trinajstić information content (AvgIpc) is 2.78. The molecule has 0 heterocycles. The minimum atomic E-state index is 0.620. The molecular weight excluding hydrogens is 230 g/mol. The minimum Gasteiger partial charge on any atom is -0.399 e. The standard InChI is InChI=1S/C18H17N/c19-16-7-8-18-13(5-6-14(18)11-16)10-15-9-12-3-1-2-4-17(12)15/h1-4,7-8,10-11,15H,5-6,9,19H2/b13-10+. The topological polar surface area (TPSA) is 26.0 Å². The molecule has 0 spiro atoms. The Morgan fingerprint density at radius 2 is 1.89 bits per heavy atom. The van der Waals surface area contributed by atoms with Crippen LogP contribution in [0.2, 0.25) is 0 Å². The Bertz CT molecular complexity index is 682. The van der Waals surface area contributed by atoms with Crippen LogP contribution in [0.25, 0.3) is 5.57 Å². The van der Waals surface area contributed by atoms with Crippen LogP contribution in [0.15, 0.2) is 48.5 Å². The molecule has 1 nitrogen and oxygen atoms in total. The fraction of sp³-hybridized carbons (Fsp3) is 0.222. The molecule has 2 N–H and O–H groups in total. The van der Waals surface area contributed by atoms with E-state index >= 15 is 0 Å². The van der Waals surface area contributed by atoms with Crippen LogP contribution in [-0.4, -0.2) is 0 Å². The van der Waals surface area contributed by atoms with E-state index in [1.807, 2.05) is 6.07 Å². The molecule has 1 heteroatoms. The van der Waals surface area contributed by atoms with Gasteiger partial charge in [-0.25, -0.2) is 0 Å². The molecule has 0 saturated heterocycles. The van der Waals surface area contributed by atoms with Gasteiger partial charge < -0.3 is 5.73 Å². The second kappa shape index (κ2) is 3.99. The number of aryl methyl sites for hydroxylation is 1. The van der Waals surface area contributed by atoms with Gasteiger partial charge in [0.1, 0.15) is 0 Å². The van der Waals surface area contributed by atoms with E-state index in [4.69, 9.17) is 5.73 Å².